The number of aromatic amines is 1. The van der Waals surface area contributed by atoms with Crippen LogP contribution in [0.3, 0.4) is 0 Å². The van der Waals surface area contributed by atoms with E-state index in [1.165, 1.54) is 22.3 Å². The van der Waals surface area contributed by atoms with Gasteiger partial charge in [-0.1, -0.05) is 0 Å². The number of nitrogens with zero attached hydrogens (tertiary/aromatic N) is 5. The normalized spacial score (nSPS) is 10.5. The van der Waals surface area contributed by atoms with Gasteiger partial charge in [0.15, 0.2) is 0 Å². The first-order valence-electron chi connectivity index (χ1n) is 5.41. The highest BCUT2D eigenvalue weighted by Gasteiger charge is 2.15. The van der Waals surface area contributed by atoms with Crippen LogP contribution in [-0.4, -0.2) is 36.3 Å². The van der Waals surface area contributed by atoms with E-state index in [4.69, 9.17) is 0 Å². The standard InChI is InChI=1S/C10H9N7OS/c18-10(11-3-7-4-12-13-5-7)9-8(1-2-19-9)17-6-14-15-16-17/h1-2,4-6H,3H2,(H,11,18)(H,12,13). The zero-order chi connectivity index (χ0) is 13.1. The van der Waals surface area contributed by atoms with Crippen molar-refractivity contribution in [2.24, 2.45) is 0 Å². The summed E-state index contributed by atoms with van der Waals surface area (Å²) in [4.78, 5) is 12.7. The van der Waals surface area contributed by atoms with Crippen molar-refractivity contribution in [2.75, 3.05) is 0 Å². The quantitative estimate of drug-likeness (QED) is 0.716. The molecule has 0 unspecified atom stereocenters. The highest BCUT2D eigenvalue weighted by Crippen LogP contribution is 2.19. The van der Waals surface area contributed by atoms with E-state index in [0.717, 1.165) is 5.56 Å². The van der Waals surface area contributed by atoms with Crippen LogP contribution in [0, 0.1) is 0 Å². The van der Waals surface area contributed by atoms with Crippen LogP contribution in [0.15, 0.2) is 30.2 Å². The molecule has 0 saturated heterocycles. The lowest BCUT2D eigenvalue weighted by atomic mass is 10.3. The Kier molecular flexibility index (Phi) is 3.02. The van der Waals surface area contributed by atoms with Gasteiger partial charge in [0.25, 0.3) is 5.91 Å². The third-order valence-electron chi connectivity index (χ3n) is 2.45. The molecule has 19 heavy (non-hydrogen) atoms. The molecule has 8 nitrogen and oxygen atoms in total. The van der Waals surface area contributed by atoms with Gasteiger partial charge in [0, 0.05) is 18.3 Å². The largest absolute Gasteiger partial charge is 0.347 e. The van der Waals surface area contributed by atoms with Gasteiger partial charge in [0.1, 0.15) is 11.2 Å². The highest BCUT2D eigenvalue weighted by atomic mass is 32.1. The minimum Gasteiger partial charge on any atom is -0.347 e. The summed E-state index contributed by atoms with van der Waals surface area (Å²) in [7, 11) is 0. The summed E-state index contributed by atoms with van der Waals surface area (Å²) >= 11 is 1.34. The van der Waals surface area contributed by atoms with Gasteiger partial charge >= 0.3 is 0 Å². The molecule has 0 bridgehead atoms. The van der Waals surface area contributed by atoms with E-state index in [1.54, 1.807) is 18.5 Å². The fraction of sp³-hybridized carbons (Fsp3) is 0.100. The molecule has 0 spiro atoms. The number of aromatic nitrogens is 6. The molecule has 3 aromatic rings. The predicted molar refractivity (Wildman–Crippen MR) is 66.8 cm³/mol. The smallest absolute Gasteiger partial charge is 0.263 e. The first-order chi connectivity index (χ1) is 9.34. The second-order valence-electron chi connectivity index (χ2n) is 3.68. The Hall–Kier alpha value is -2.55. The van der Waals surface area contributed by atoms with Gasteiger partial charge in [-0.2, -0.15) is 9.78 Å². The van der Waals surface area contributed by atoms with Crippen LogP contribution in [0.4, 0.5) is 0 Å². The molecule has 96 valence electrons. The SMILES string of the molecule is O=C(NCc1cn[nH]c1)c1sccc1-n1cnnn1. The molecule has 0 aliphatic carbocycles. The maximum Gasteiger partial charge on any atom is 0.263 e. The Bertz CT molecular complexity index is 658. The van der Waals surface area contributed by atoms with Gasteiger partial charge in [0.05, 0.1) is 11.9 Å². The number of hydrogen-bond donors (Lipinski definition) is 2. The van der Waals surface area contributed by atoms with Crippen LogP contribution >= 0.6 is 11.3 Å². The number of thiophene rings is 1. The summed E-state index contributed by atoms with van der Waals surface area (Å²) in [6.45, 7) is 0.419. The van der Waals surface area contributed by atoms with Crippen molar-refractivity contribution < 1.29 is 4.79 Å². The molecule has 0 aromatic carbocycles. The van der Waals surface area contributed by atoms with Crippen LogP contribution < -0.4 is 5.32 Å². The topological polar surface area (TPSA) is 101 Å². The van der Waals surface area contributed by atoms with E-state index in [9.17, 15) is 4.79 Å². The molecule has 0 fully saturated rings. The monoisotopic (exact) mass is 275 g/mol. The molecule has 9 heteroatoms. The Morgan fingerprint density at radius 3 is 3.21 bits per heavy atom. The van der Waals surface area contributed by atoms with Crippen LogP contribution in [0.25, 0.3) is 5.69 Å². The summed E-state index contributed by atoms with van der Waals surface area (Å²) in [5.41, 5.74) is 1.58. The van der Waals surface area contributed by atoms with Crippen LogP contribution in [0.1, 0.15) is 15.2 Å². The van der Waals surface area contributed by atoms with Crippen LogP contribution in [0.2, 0.25) is 0 Å². The van der Waals surface area contributed by atoms with Gasteiger partial charge < -0.3 is 5.32 Å². The summed E-state index contributed by atoms with van der Waals surface area (Å²) in [6.07, 6.45) is 4.85. The summed E-state index contributed by atoms with van der Waals surface area (Å²) in [6, 6.07) is 1.80. The number of hydrogen-bond acceptors (Lipinski definition) is 6. The molecule has 0 atom stereocenters. The van der Waals surface area contributed by atoms with Crippen molar-refractivity contribution in [3.63, 3.8) is 0 Å². The Balaban J connectivity index is 1.75. The van der Waals surface area contributed by atoms with E-state index >= 15 is 0 Å². The number of amides is 1. The fourth-order valence-corrected chi connectivity index (χ4v) is 2.36. The Morgan fingerprint density at radius 2 is 2.47 bits per heavy atom. The van der Waals surface area contributed by atoms with Crippen molar-refractivity contribution in [2.45, 2.75) is 6.54 Å². The Labute approximate surface area is 111 Å². The predicted octanol–water partition coefficient (Wildman–Crippen LogP) is 0.377. The van der Waals surface area contributed by atoms with Gasteiger partial charge in [-0.05, 0) is 21.9 Å². The van der Waals surface area contributed by atoms with E-state index in [2.05, 4.69) is 31.0 Å². The second-order valence-corrected chi connectivity index (χ2v) is 4.59. The molecular weight excluding hydrogens is 266 g/mol. The van der Waals surface area contributed by atoms with Gasteiger partial charge in [-0.15, -0.1) is 16.4 Å². The first kappa shape index (κ1) is 11.5. The number of rotatable bonds is 4. The number of tetrazole rings is 1. The minimum atomic E-state index is -0.165. The van der Waals surface area contributed by atoms with Gasteiger partial charge in [0.2, 0.25) is 0 Å². The molecule has 0 radical (unpaired) electrons. The average molecular weight is 275 g/mol. The molecule has 0 aliphatic heterocycles. The zero-order valence-electron chi connectivity index (χ0n) is 9.65. The molecule has 1 amide bonds. The van der Waals surface area contributed by atoms with E-state index in [-0.39, 0.29) is 5.91 Å². The van der Waals surface area contributed by atoms with E-state index in [0.29, 0.717) is 17.1 Å². The third-order valence-corrected chi connectivity index (χ3v) is 3.36. The van der Waals surface area contributed by atoms with Crippen LogP contribution in [0.5, 0.6) is 0 Å². The van der Waals surface area contributed by atoms with Crippen molar-refractivity contribution in [1.82, 2.24) is 35.7 Å². The van der Waals surface area contributed by atoms with Crippen molar-refractivity contribution in [1.29, 1.82) is 0 Å². The van der Waals surface area contributed by atoms with Gasteiger partial charge in [-0.25, -0.2) is 0 Å². The van der Waals surface area contributed by atoms with E-state index < -0.39 is 0 Å². The molecular formula is C10H9N7OS. The van der Waals surface area contributed by atoms with Crippen LogP contribution in [-0.2, 0) is 6.54 Å². The molecule has 0 aliphatic rings. The lowest BCUT2D eigenvalue weighted by molar-refractivity contribution is 0.0955. The maximum atomic E-state index is 12.1. The summed E-state index contributed by atoms with van der Waals surface area (Å²) < 4.78 is 1.46. The van der Waals surface area contributed by atoms with Crippen molar-refractivity contribution >= 4 is 17.2 Å². The molecule has 3 aromatic heterocycles. The van der Waals surface area contributed by atoms with E-state index in [1.807, 2.05) is 5.38 Å². The summed E-state index contributed by atoms with van der Waals surface area (Å²) in [5.74, 6) is -0.165. The first-order valence-corrected chi connectivity index (χ1v) is 6.29. The fourth-order valence-electron chi connectivity index (χ4n) is 1.56. The average Bonchev–Trinajstić information content (AvgIpc) is 3.14. The number of carbonyl (C=O) groups excluding carboxylic acids is 1. The maximum absolute atomic E-state index is 12.1. The van der Waals surface area contributed by atoms with Gasteiger partial charge in [-0.3, -0.25) is 9.89 Å². The number of H-pyrrole nitrogens is 1. The van der Waals surface area contributed by atoms with Crippen molar-refractivity contribution in [3.8, 4) is 5.69 Å². The molecule has 0 saturated carbocycles. The molecule has 3 rings (SSSR count). The second kappa shape index (κ2) is 4.98. The lowest BCUT2D eigenvalue weighted by Gasteiger charge is -2.04. The molecule has 3 heterocycles. The summed E-state index contributed by atoms with van der Waals surface area (Å²) in [5, 5.41) is 22.0. The lowest BCUT2D eigenvalue weighted by Crippen LogP contribution is -2.22. The highest BCUT2D eigenvalue weighted by molar-refractivity contribution is 7.12. The molecule has 2 N–H and O–H groups in total. The third kappa shape index (κ3) is 2.36. The number of carbonyl (C=O) groups is 1. The Morgan fingerprint density at radius 1 is 1.53 bits per heavy atom. The number of nitrogens with one attached hydrogen (secondary N) is 2. The van der Waals surface area contributed by atoms with Crippen molar-refractivity contribution in [3.05, 3.63) is 40.6 Å². The zero-order valence-corrected chi connectivity index (χ0v) is 10.5. The minimum absolute atomic E-state index is 0.165.